The lowest BCUT2D eigenvalue weighted by molar-refractivity contribution is 0.628. The number of allylic oxidation sites excluding steroid dienone is 1. The Morgan fingerprint density at radius 2 is 2.23 bits per heavy atom. The van der Waals surface area contributed by atoms with Gasteiger partial charge in [-0.25, -0.2) is 4.39 Å². The third-order valence-corrected chi connectivity index (χ3v) is 2.08. The molecule has 0 atom stereocenters. The average Bonchev–Trinajstić information content (AvgIpc) is 2.11. The maximum absolute atomic E-state index is 12.8. The molecule has 0 amide bonds. The van der Waals surface area contributed by atoms with E-state index in [2.05, 4.69) is 15.9 Å². The van der Waals surface area contributed by atoms with E-state index in [0.717, 1.165) is 17.3 Å². The normalized spacial score (nSPS) is 10.9. The summed E-state index contributed by atoms with van der Waals surface area (Å²) in [5.41, 5.74) is 6.98. The molecule has 1 rings (SSSR count). The van der Waals surface area contributed by atoms with Gasteiger partial charge in [0, 0.05) is 11.0 Å². The smallest absolute Gasteiger partial charge is 0.123 e. The van der Waals surface area contributed by atoms with E-state index in [4.69, 9.17) is 5.73 Å². The molecule has 0 fully saturated rings. The Balaban J connectivity index is 2.81. The maximum Gasteiger partial charge on any atom is 0.123 e. The number of anilines is 1. The molecule has 1 nitrogen and oxygen atoms in total. The lowest BCUT2D eigenvalue weighted by Gasteiger charge is -1.99. The van der Waals surface area contributed by atoms with Gasteiger partial charge in [0.15, 0.2) is 0 Å². The van der Waals surface area contributed by atoms with Gasteiger partial charge in [-0.3, -0.25) is 0 Å². The standard InChI is InChI=1S/C10H11BrFN/c11-6-2-1-3-8-7-9(12)4-5-10(8)13/h1,3-5,7H,2,6,13H2. The molecule has 1 aromatic carbocycles. The fourth-order valence-corrected chi connectivity index (χ4v) is 1.23. The minimum atomic E-state index is -0.257. The number of nitrogens with two attached hydrogens (primary N) is 1. The van der Waals surface area contributed by atoms with Crippen molar-refractivity contribution in [1.29, 1.82) is 0 Å². The SMILES string of the molecule is Nc1ccc(F)cc1C=CCCBr. The van der Waals surface area contributed by atoms with Crippen molar-refractivity contribution in [3.05, 3.63) is 35.7 Å². The van der Waals surface area contributed by atoms with Crippen LogP contribution in [0.4, 0.5) is 10.1 Å². The van der Waals surface area contributed by atoms with Crippen LogP contribution in [0.3, 0.4) is 0 Å². The van der Waals surface area contributed by atoms with Crippen LogP contribution in [0.2, 0.25) is 0 Å². The summed E-state index contributed by atoms with van der Waals surface area (Å²) in [6, 6.07) is 4.36. The van der Waals surface area contributed by atoms with Crippen LogP contribution in [-0.4, -0.2) is 5.33 Å². The molecule has 0 aliphatic carbocycles. The van der Waals surface area contributed by atoms with Crippen LogP contribution in [0.15, 0.2) is 24.3 Å². The summed E-state index contributed by atoms with van der Waals surface area (Å²) in [5.74, 6) is -0.257. The van der Waals surface area contributed by atoms with Crippen molar-refractivity contribution in [2.75, 3.05) is 11.1 Å². The molecule has 13 heavy (non-hydrogen) atoms. The molecule has 0 heterocycles. The number of benzene rings is 1. The van der Waals surface area contributed by atoms with Gasteiger partial charge in [-0.1, -0.05) is 28.1 Å². The molecule has 1 aromatic rings. The summed E-state index contributed by atoms with van der Waals surface area (Å²) in [5, 5.41) is 0.902. The lowest BCUT2D eigenvalue weighted by atomic mass is 10.1. The number of rotatable bonds is 3. The predicted molar refractivity (Wildman–Crippen MR) is 58.3 cm³/mol. The first-order valence-electron chi connectivity index (χ1n) is 4.01. The predicted octanol–water partition coefficient (Wildman–Crippen LogP) is 3.21. The van der Waals surface area contributed by atoms with Gasteiger partial charge in [0.05, 0.1) is 0 Å². The molecule has 0 aliphatic heterocycles. The molecule has 0 bridgehead atoms. The summed E-state index contributed by atoms with van der Waals surface area (Å²) >= 11 is 3.30. The minimum Gasteiger partial charge on any atom is -0.398 e. The molecule has 0 saturated carbocycles. The third kappa shape index (κ3) is 3.19. The van der Waals surface area contributed by atoms with Crippen molar-refractivity contribution in [1.82, 2.24) is 0 Å². The second-order valence-electron chi connectivity index (χ2n) is 2.65. The zero-order chi connectivity index (χ0) is 9.68. The first-order chi connectivity index (χ1) is 6.24. The van der Waals surface area contributed by atoms with Crippen molar-refractivity contribution < 1.29 is 4.39 Å². The molecule has 0 aromatic heterocycles. The van der Waals surface area contributed by atoms with Gasteiger partial charge in [0.2, 0.25) is 0 Å². The number of hydrogen-bond acceptors (Lipinski definition) is 1. The Hall–Kier alpha value is -0.830. The van der Waals surface area contributed by atoms with Crippen LogP contribution >= 0.6 is 15.9 Å². The van der Waals surface area contributed by atoms with Crippen molar-refractivity contribution >= 4 is 27.7 Å². The Morgan fingerprint density at radius 3 is 2.92 bits per heavy atom. The number of hydrogen-bond donors (Lipinski definition) is 1. The Bertz CT molecular complexity index is 310. The van der Waals surface area contributed by atoms with Gasteiger partial charge in [0.25, 0.3) is 0 Å². The van der Waals surface area contributed by atoms with E-state index in [1.807, 2.05) is 12.2 Å². The highest BCUT2D eigenvalue weighted by molar-refractivity contribution is 9.09. The van der Waals surface area contributed by atoms with Gasteiger partial charge in [-0.15, -0.1) is 0 Å². The van der Waals surface area contributed by atoms with E-state index in [0.29, 0.717) is 5.69 Å². The summed E-state index contributed by atoms with van der Waals surface area (Å²) in [4.78, 5) is 0. The van der Waals surface area contributed by atoms with E-state index in [1.165, 1.54) is 12.1 Å². The zero-order valence-electron chi connectivity index (χ0n) is 7.13. The molecular formula is C10H11BrFN. The van der Waals surface area contributed by atoms with E-state index in [9.17, 15) is 4.39 Å². The summed E-state index contributed by atoms with van der Waals surface area (Å²) in [6.07, 6.45) is 4.70. The summed E-state index contributed by atoms with van der Waals surface area (Å²) < 4.78 is 12.8. The van der Waals surface area contributed by atoms with Crippen LogP contribution in [0.1, 0.15) is 12.0 Å². The third-order valence-electron chi connectivity index (χ3n) is 1.62. The number of alkyl halides is 1. The highest BCUT2D eigenvalue weighted by atomic mass is 79.9. The van der Waals surface area contributed by atoms with E-state index in [-0.39, 0.29) is 5.82 Å². The van der Waals surface area contributed by atoms with E-state index < -0.39 is 0 Å². The van der Waals surface area contributed by atoms with Crippen molar-refractivity contribution in [3.63, 3.8) is 0 Å². The molecular weight excluding hydrogens is 233 g/mol. The van der Waals surface area contributed by atoms with Crippen LogP contribution in [-0.2, 0) is 0 Å². The lowest BCUT2D eigenvalue weighted by Crippen LogP contribution is -1.89. The van der Waals surface area contributed by atoms with Gasteiger partial charge < -0.3 is 5.73 Å². The molecule has 0 aliphatic rings. The maximum atomic E-state index is 12.8. The van der Waals surface area contributed by atoms with Crippen molar-refractivity contribution in [3.8, 4) is 0 Å². The molecule has 0 unspecified atom stereocenters. The van der Waals surface area contributed by atoms with E-state index >= 15 is 0 Å². The van der Waals surface area contributed by atoms with Gasteiger partial charge in [-0.2, -0.15) is 0 Å². The van der Waals surface area contributed by atoms with Crippen LogP contribution < -0.4 is 5.73 Å². The molecule has 70 valence electrons. The quantitative estimate of drug-likeness (QED) is 0.641. The van der Waals surface area contributed by atoms with Crippen LogP contribution in [0.25, 0.3) is 6.08 Å². The Labute approximate surface area is 85.6 Å². The topological polar surface area (TPSA) is 26.0 Å². The molecule has 0 saturated heterocycles. The number of nitrogen functional groups attached to an aromatic ring is 1. The molecule has 0 radical (unpaired) electrons. The van der Waals surface area contributed by atoms with Crippen LogP contribution in [0, 0.1) is 5.82 Å². The first kappa shape index (κ1) is 10.3. The highest BCUT2D eigenvalue weighted by Gasteiger charge is 1.96. The van der Waals surface area contributed by atoms with Gasteiger partial charge >= 0.3 is 0 Å². The fourth-order valence-electron chi connectivity index (χ4n) is 0.963. The van der Waals surface area contributed by atoms with Gasteiger partial charge in [0.1, 0.15) is 5.82 Å². The zero-order valence-corrected chi connectivity index (χ0v) is 8.72. The second kappa shape index (κ2) is 5.02. The summed E-state index contributed by atoms with van der Waals surface area (Å²) in [6.45, 7) is 0. The molecule has 2 N–H and O–H groups in total. The second-order valence-corrected chi connectivity index (χ2v) is 3.45. The Kier molecular flexibility index (Phi) is 3.96. The van der Waals surface area contributed by atoms with E-state index in [1.54, 1.807) is 6.07 Å². The fraction of sp³-hybridized carbons (Fsp3) is 0.200. The minimum absolute atomic E-state index is 0.257. The van der Waals surface area contributed by atoms with Crippen molar-refractivity contribution in [2.24, 2.45) is 0 Å². The monoisotopic (exact) mass is 243 g/mol. The van der Waals surface area contributed by atoms with Crippen molar-refractivity contribution in [2.45, 2.75) is 6.42 Å². The van der Waals surface area contributed by atoms with Crippen LogP contribution in [0.5, 0.6) is 0 Å². The summed E-state index contributed by atoms with van der Waals surface area (Å²) in [7, 11) is 0. The molecule has 0 spiro atoms. The number of halogens is 2. The largest absolute Gasteiger partial charge is 0.398 e. The first-order valence-corrected chi connectivity index (χ1v) is 5.13. The van der Waals surface area contributed by atoms with Gasteiger partial charge in [-0.05, 0) is 30.2 Å². The molecule has 3 heteroatoms. The Morgan fingerprint density at radius 1 is 1.46 bits per heavy atom. The average molecular weight is 244 g/mol. The highest BCUT2D eigenvalue weighted by Crippen LogP contribution is 2.15.